The van der Waals surface area contributed by atoms with Crippen LogP contribution in [0.15, 0.2) is 24.3 Å². The predicted molar refractivity (Wildman–Crippen MR) is 85.2 cm³/mol. The van der Waals surface area contributed by atoms with Gasteiger partial charge in [-0.05, 0) is 56.1 Å². The third kappa shape index (κ3) is 4.31. The van der Waals surface area contributed by atoms with E-state index in [0.29, 0.717) is 11.5 Å². The highest BCUT2D eigenvalue weighted by atomic mass is 19.1. The number of rotatable bonds is 5. The molecule has 0 aliphatic carbocycles. The van der Waals surface area contributed by atoms with Crippen LogP contribution in [0, 0.1) is 11.7 Å². The first-order chi connectivity index (χ1) is 10.6. The number of amides is 1. The van der Waals surface area contributed by atoms with Crippen molar-refractivity contribution in [2.75, 3.05) is 33.8 Å². The van der Waals surface area contributed by atoms with Gasteiger partial charge in [-0.3, -0.25) is 4.79 Å². The fourth-order valence-corrected chi connectivity index (χ4v) is 2.78. The number of carbonyl (C=O) groups excluding carboxylic acids is 1. The van der Waals surface area contributed by atoms with Crippen molar-refractivity contribution in [3.8, 4) is 5.75 Å². The summed E-state index contributed by atoms with van der Waals surface area (Å²) >= 11 is 0. The molecule has 1 atom stereocenters. The second kappa shape index (κ2) is 7.94. The highest BCUT2D eigenvalue weighted by Crippen LogP contribution is 2.19. The lowest BCUT2D eigenvalue weighted by atomic mass is 9.98. The molecule has 1 aromatic rings. The Labute approximate surface area is 131 Å². The van der Waals surface area contributed by atoms with Crippen molar-refractivity contribution >= 4 is 12.0 Å². The Morgan fingerprint density at radius 1 is 1.55 bits per heavy atom. The molecule has 2 rings (SSSR count). The molecular formula is C17H23FN2O2. The molecule has 1 N–H and O–H groups in total. The summed E-state index contributed by atoms with van der Waals surface area (Å²) in [6.45, 7) is 2.50. The molecule has 0 bridgehead atoms. The third-order valence-electron chi connectivity index (χ3n) is 3.92. The van der Waals surface area contributed by atoms with Gasteiger partial charge < -0.3 is 15.0 Å². The van der Waals surface area contributed by atoms with Gasteiger partial charge in [-0.15, -0.1) is 0 Å². The monoisotopic (exact) mass is 306 g/mol. The zero-order chi connectivity index (χ0) is 15.9. The summed E-state index contributed by atoms with van der Waals surface area (Å²) in [6.07, 6.45) is 5.34. The number of benzene rings is 1. The minimum Gasteiger partial charge on any atom is -0.494 e. The van der Waals surface area contributed by atoms with Gasteiger partial charge in [0, 0.05) is 19.2 Å². The summed E-state index contributed by atoms with van der Waals surface area (Å²) < 4.78 is 18.5. The average molecular weight is 306 g/mol. The molecule has 0 aromatic heterocycles. The highest BCUT2D eigenvalue weighted by molar-refractivity contribution is 5.91. The number of methoxy groups -OCH3 is 1. The molecule has 120 valence electrons. The molecule has 1 amide bonds. The van der Waals surface area contributed by atoms with Crippen LogP contribution in [-0.2, 0) is 4.79 Å². The van der Waals surface area contributed by atoms with Gasteiger partial charge in [0.2, 0.25) is 5.91 Å². The molecule has 0 spiro atoms. The largest absolute Gasteiger partial charge is 0.494 e. The van der Waals surface area contributed by atoms with Crippen molar-refractivity contribution in [2.24, 2.45) is 5.92 Å². The van der Waals surface area contributed by atoms with E-state index in [1.54, 1.807) is 18.2 Å². The maximum absolute atomic E-state index is 13.6. The van der Waals surface area contributed by atoms with Gasteiger partial charge in [-0.1, -0.05) is 6.07 Å². The van der Waals surface area contributed by atoms with Crippen molar-refractivity contribution in [1.82, 2.24) is 10.2 Å². The first kappa shape index (κ1) is 16.5. The molecule has 22 heavy (non-hydrogen) atoms. The fourth-order valence-electron chi connectivity index (χ4n) is 2.78. The van der Waals surface area contributed by atoms with E-state index in [9.17, 15) is 9.18 Å². The Morgan fingerprint density at radius 2 is 2.36 bits per heavy atom. The smallest absolute Gasteiger partial charge is 0.246 e. The standard InChI is InChI=1S/C17H23FN2O2/c1-19-11-14-4-3-9-20(12-14)17(21)8-6-13-5-7-16(22-2)15(18)10-13/h5-8,10,14,19H,3-4,9,11-12H2,1-2H3. The Hall–Kier alpha value is -1.88. The van der Waals surface area contributed by atoms with Crippen LogP contribution >= 0.6 is 0 Å². The maximum Gasteiger partial charge on any atom is 0.246 e. The lowest BCUT2D eigenvalue weighted by Crippen LogP contribution is -2.41. The summed E-state index contributed by atoms with van der Waals surface area (Å²) in [5, 5.41) is 3.16. The lowest BCUT2D eigenvalue weighted by molar-refractivity contribution is -0.127. The van der Waals surface area contributed by atoms with Gasteiger partial charge >= 0.3 is 0 Å². The SMILES string of the molecule is CNCC1CCCN(C(=O)C=Cc2ccc(OC)c(F)c2)C1. The van der Waals surface area contributed by atoms with E-state index < -0.39 is 5.82 Å². The summed E-state index contributed by atoms with van der Waals surface area (Å²) in [5.41, 5.74) is 0.649. The number of likely N-dealkylation sites (tertiary alicyclic amines) is 1. The average Bonchev–Trinajstić information content (AvgIpc) is 2.53. The lowest BCUT2D eigenvalue weighted by Gasteiger charge is -2.32. The zero-order valence-electron chi connectivity index (χ0n) is 13.1. The molecule has 1 heterocycles. The number of carbonyl (C=O) groups is 1. The van der Waals surface area contributed by atoms with Crippen LogP contribution < -0.4 is 10.1 Å². The van der Waals surface area contributed by atoms with E-state index in [4.69, 9.17) is 4.74 Å². The summed E-state index contributed by atoms with van der Waals surface area (Å²) in [4.78, 5) is 14.1. The minimum atomic E-state index is -0.427. The molecule has 5 heteroatoms. The number of halogens is 1. The van der Waals surface area contributed by atoms with E-state index >= 15 is 0 Å². The Kier molecular flexibility index (Phi) is 5.95. The predicted octanol–water partition coefficient (Wildman–Crippen LogP) is 2.31. The Bertz CT molecular complexity index is 543. The Balaban J connectivity index is 1.97. The van der Waals surface area contributed by atoms with Gasteiger partial charge in [0.1, 0.15) is 0 Å². The topological polar surface area (TPSA) is 41.6 Å². The van der Waals surface area contributed by atoms with Crippen molar-refractivity contribution in [2.45, 2.75) is 12.8 Å². The van der Waals surface area contributed by atoms with Crippen LogP contribution in [0.2, 0.25) is 0 Å². The molecule has 4 nitrogen and oxygen atoms in total. The van der Waals surface area contributed by atoms with Gasteiger partial charge in [0.25, 0.3) is 0 Å². The van der Waals surface area contributed by atoms with Gasteiger partial charge in [0.15, 0.2) is 11.6 Å². The van der Waals surface area contributed by atoms with Gasteiger partial charge in [0.05, 0.1) is 7.11 Å². The number of hydrogen-bond donors (Lipinski definition) is 1. The first-order valence-electron chi connectivity index (χ1n) is 7.59. The molecule has 1 aromatic carbocycles. The molecule has 1 fully saturated rings. The minimum absolute atomic E-state index is 0.0166. The summed E-state index contributed by atoms with van der Waals surface area (Å²) in [6, 6.07) is 4.65. The fraction of sp³-hybridized carbons (Fsp3) is 0.471. The molecule has 0 radical (unpaired) electrons. The summed E-state index contributed by atoms with van der Waals surface area (Å²) in [7, 11) is 3.36. The first-order valence-corrected chi connectivity index (χ1v) is 7.59. The Morgan fingerprint density at radius 3 is 3.05 bits per heavy atom. The quantitative estimate of drug-likeness (QED) is 0.849. The van der Waals surface area contributed by atoms with Crippen LogP contribution in [0.1, 0.15) is 18.4 Å². The molecule has 1 unspecified atom stereocenters. The third-order valence-corrected chi connectivity index (χ3v) is 3.92. The van der Waals surface area contributed by atoms with Crippen molar-refractivity contribution in [3.05, 3.63) is 35.7 Å². The second-order valence-electron chi connectivity index (χ2n) is 5.58. The van der Waals surface area contributed by atoms with Crippen molar-refractivity contribution in [3.63, 3.8) is 0 Å². The molecule has 1 aliphatic rings. The van der Waals surface area contributed by atoms with Crippen LogP contribution in [-0.4, -0.2) is 44.6 Å². The van der Waals surface area contributed by atoms with E-state index in [2.05, 4.69) is 5.32 Å². The molecule has 1 saturated heterocycles. The highest BCUT2D eigenvalue weighted by Gasteiger charge is 2.21. The van der Waals surface area contributed by atoms with E-state index in [1.807, 2.05) is 11.9 Å². The number of ether oxygens (including phenoxy) is 1. The molecule has 1 aliphatic heterocycles. The van der Waals surface area contributed by atoms with Crippen LogP contribution in [0.3, 0.4) is 0 Å². The van der Waals surface area contributed by atoms with Crippen molar-refractivity contribution in [1.29, 1.82) is 0 Å². The van der Waals surface area contributed by atoms with Gasteiger partial charge in [-0.25, -0.2) is 4.39 Å². The van der Waals surface area contributed by atoms with Crippen LogP contribution in [0.25, 0.3) is 6.08 Å². The number of hydrogen-bond acceptors (Lipinski definition) is 3. The maximum atomic E-state index is 13.6. The van der Waals surface area contributed by atoms with E-state index in [0.717, 1.165) is 32.5 Å². The second-order valence-corrected chi connectivity index (χ2v) is 5.58. The summed E-state index contributed by atoms with van der Waals surface area (Å²) in [5.74, 6) is 0.269. The molecule has 0 saturated carbocycles. The normalized spacial score (nSPS) is 18.7. The van der Waals surface area contributed by atoms with Crippen LogP contribution in [0.5, 0.6) is 5.75 Å². The van der Waals surface area contributed by atoms with E-state index in [1.165, 1.54) is 19.3 Å². The number of piperidine rings is 1. The van der Waals surface area contributed by atoms with Crippen molar-refractivity contribution < 1.29 is 13.9 Å². The molecular weight excluding hydrogens is 283 g/mol. The number of nitrogens with one attached hydrogen (secondary N) is 1. The van der Waals surface area contributed by atoms with E-state index in [-0.39, 0.29) is 11.7 Å². The number of nitrogens with zero attached hydrogens (tertiary/aromatic N) is 1. The van der Waals surface area contributed by atoms with Crippen LogP contribution in [0.4, 0.5) is 4.39 Å². The zero-order valence-corrected chi connectivity index (χ0v) is 13.1. The van der Waals surface area contributed by atoms with Gasteiger partial charge in [-0.2, -0.15) is 0 Å².